The molecule has 0 aliphatic heterocycles. The van der Waals surface area contributed by atoms with Gasteiger partial charge in [0.25, 0.3) is 0 Å². The summed E-state index contributed by atoms with van der Waals surface area (Å²) in [6.45, 7) is 8.54. The fourth-order valence-corrected chi connectivity index (χ4v) is 2.20. The van der Waals surface area contributed by atoms with Crippen molar-refractivity contribution in [2.45, 2.75) is 39.2 Å². The fraction of sp³-hybridized carbons (Fsp3) is 0.292. The molecular weight excluding hydrogens is 393 g/mol. The Morgan fingerprint density at radius 1 is 0.808 bits per heavy atom. The molecule has 1 aromatic rings. The maximum absolute atomic E-state index is 4.65. The van der Waals surface area contributed by atoms with Gasteiger partial charge in [0.15, 0.2) is 0 Å². The predicted molar refractivity (Wildman–Crippen MR) is 110 cm³/mol. The summed E-state index contributed by atoms with van der Waals surface area (Å²) in [4.78, 5) is 0. The molecule has 2 atom stereocenters. The monoisotopic (exact) mass is 423 g/mol. The summed E-state index contributed by atoms with van der Waals surface area (Å²) in [6.07, 6.45) is 23.7. The first-order valence-electron chi connectivity index (χ1n) is 9.16. The molecular formula is C24H31NZr+2. The van der Waals surface area contributed by atoms with Gasteiger partial charge in [-0.1, -0.05) is 63.4 Å². The van der Waals surface area contributed by atoms with Crippen molar-refractivity contribution in [3.63, 3.8) is 0 Å². The molecule has 134 valence electrons. The summed E-state index contributed by atoms with van der Waals surface area (Å²) >= 11 is 0. The molecule has 2 aliphatic rings. The largest absolute Gasteiger partial charge is 4.00 e. The summed E-state index contributed by atoms with van der Waals surface area (Å²) in [7, 11) is 0. The topological polar surface area (TPSA) is 14.1 Å². The molecule has 0 N–H and O–H groups in total. The standard InChI is InChI=1S/C14H21N.2C5H5.Zr/c1-4-5-9-12(2)13(3)15-14-10-7-6-8-11-14;2*1-2-4-5-3-1;/h6-8,10-13H,2,4-5,9H2,1,3H3;2*1-5H;/q-2;;;+4/t12-,13-;;;/m1.../s1. The second kappa shape index (κ2) is 18.3. The van der Waals surface area contributed by atoms with Crippen molar-refractivity contribution in [1.82, 2.24) is 0 Å². The fourth-order valence-electron chi connectivity index (χ4n) is 2.20. The minimum atomic E-state index is 0. The first kappa shape index (κ1) is 25.9. The van der Waals surface area contributed by atoms with E-state index in [0.29, 0.717) is 12.0 Å². The van der Waals surface area contributed by atoms with Gasteiger partial charge in [0, 0.05) is 0 Å². The van der Waals surface area contributed by atoms with Crippen LogP contribution in [-0.2, 0) is 26.2 Å². The predicted octanol–water partition coefficient (Wildman–Crippen LogP) is 6.76. The van der Waals surface area contributed by atoms with Gasteiger partial charge in [0.1, 0.15) is 0 Å². The summed E-state index contributed by atoms with van der Waals surface area (Å²) < 4.78 is 0. The maximum Gasteiger partial charge on any atom is 4.00 e. The molecule has 1 nitrogen and oxygen atoms in total. The van der Waals surface area contributed by atoms with Crippen LogP contribution in [0.15, 0.2) is 30.3 Å². The number of nitrogens with zero attached hydrogens (tertiary/aromatic N) is 1. The van der Waals surface area contributed by atoms with Crippen LogP contribution in [0, 0.1) is 77.0 Å². The molecule has 0 spiro atoms. The molecule has 0 amide bonds. The molecule has 10 radical (unpaired) electrons. The summed E-state index contributed by atoms with van der Waals surface area (Å²) in [5, 5.41) is 4.65. The van der Waals surface area contributed by atoms with Crippen molar-refractivity contribution in [2.24, 2.45) is 5.92 Å². The first-order chi connectivity index (χ1) is 12.2. The van der Waals surface area contributed by atoms with Crippen molar-refractivity contribution in [2.75, 3.05) is 0 Å². The van der Waals surface area contributed by atoms with Crippen molar-refractivity contribution in [3.8, 4) is 0 Å². The normalized spacial score (nSPS) is 17.7. The summed E-state index contributed by atoms with van der Waals surface area (Å²) in [5.41, 5.74) is 1.06. The van der Waals surface area contributed by atoms with Gasteiger partial charge in [-0.25, -0.2) is 0 Å². The third-order valence-corrected chi connectivity index (χ3v) is 3.83. The van der Waals surface area contributed by atoms with Crippen LogP contribution in [0.2, 0.25) is 0 Å². The van der Waals surface area contributed by atoms with E-state index >= 15 is 0 Å². The van der Waals surface area contributed by atoms with Crippen molar-refractivity contribution in [1.29, 1.82) is 0 Å². The molecule has 0 heterocycles. The molecule has 2 fully saturated rings. The molecule has 2 saturated carbocycles. The summed E-state index contributed by atoms with van der Waals surface area (Å²) in [5.74, 6) is 0.435. The molecule has 0 aromatic heterocycles. The first-order valence-corrected chi connectivity index (χ1v) is 9.16. The van der Waals surface area contributed by atoms with Gasteiger partial charge in [-0.15, -0.1) is 11.7 Å². The van der Waals surface area contributed by atoms with Gasteiger partial charge in [-0.3, -0.25) is 0 Å². The van der Waals surface area contributed by atoms with Crippen LogP contribution in [0.4, 0.5) is 5.69 Å². The van der Waals surface area contributed by atoms with E-state index in [2.05, 4.69) is 26.1 Å². The third-order valence-electron chi connectivity index (χ3n) is 3.83. The van der Waals surface area contributed by atoms with Crippen LogP contribution >= 0.6 is 0 Å². The number of rotatable bonds is 6. The van der Waals surface area contributed by atoms with E-state index < -0.39 is 0 Å². The Kier molecular flexibility index (Phi) is 18.2. The molecule has 26 heavy (non-hydrogen) atoms. The average molecular weight is 425 g/mol. The van der Waals surface area contributed by atoms with Crippen molar-refractivity contribution >= 4 is 5.69 Å². The minimum absolute atomic E-state index is 0. The zero-order chi connectivity index (χ0) is 18.2. The van der Waals surface area contributed by atoms with Crippen LogP contribution in [0.25, 0.3) is 5.32 Å². The minimum Gasteiger partial charge on any atom is -0.684 e. The molecule has 2 heteroatoms. The molecule has 0 saturated heterocycles. The van der Waals surface area contributed by atoms with E-state index in [1.165, 1.54) is 19.3 Å². The summed E-state index contributed by atoms with van der Waals surface area (Å²) in [6, 6.07) is 10.5. The number of hydrogen-bond donors (Lipinski definition) is 0. The van der Waals surface area contributed by atoms with Crippen LogP contribution in [0.1, 0.15) is 33.1 Å². The van der Waals surface area contributed by atoms with Crippen LogP contribution in [0.5, 0.6) is 0 Å². The molecule has 0 unspecified atom stereocenters. The molecule has 0 bridgehead atoms. The molecule has 1 aromatic carbocycles. The van der Waals surface area contributed by atoms with E-state index in [1.54, 1.807) is 0 Å². The SMILES string of the molecule is [CH2-][C@H](CCCC)[C@@H](C)[N-]c1ccccc1.[CH]1[CH][CH][CH][CH]1.[CH]1[CH][CH][CH][CH]1.[Zr+4]. The Hall–Kier alpha value is -0.0969. The van der Waals surface area contributed by atoms with Crippen LogP contribution in [-0.4, -0.2) is 6.04 Å². The number of unbranched alkanes of at least 4 members (excludes halogenated alkanes) is 1. The van der Waals surface area contributed by atoms with Crippen molar-refractivity contribution < 1.29 is 26.2 Å². The van der Waals surface area contributed by atoms with E-state index in [-0.39, 0.29) is 26.2 Å². The van der Waals surface area contributed by atoms with Gasteiger partial charge in [0.2, 0.25) is 0 Å². The Morgan fingerprint density at radius 3 is 1.62 bits per heavy atom. The second-order valence-corrected chi connectivity index (χ2v) is 6.03. The zero-order valence-electron chi connectivity index (χ0n) is 16.1. The number of benzene rings is 1. The van der Waals surface area contributed by atoms with E-state index in [9.17, 15) is 0 Å². The van der Waals surface area contributed by atoms with Gasteiger partial charge in [-0.2, -0.15) is 5.92 Å². The van der Waals surface area contributed by atoms with Crippen LogP contribution in [0.3, 0.4) is 0 Å². The van der Waals surface area contributed by atoms with Gasteiger partial charge >= 0.3 is 26.2 Å². The van der Waals surface area contributed by atoms with Gasteiger partial charge in [0.05, 0.1) is 0 Å². The van der Waals surface area contributed by atoms with Crippen molar-refractivity contribution in [3.05, 3.63) is 107 Å². The Morgan fingerprint density at radius 2 is 1.23 bits per heavy atom. The quantitative estimate of drug-likeness (QED) is 0.448. The zero-order valence-corrected chi connectivity index (χ0v) is 18.5. The van der Waals surface area contributed by atoms with E-state index in [0.717, 1.165) is 5.69 Å². The number of hydrogen-bond acceptors (Lipinski definition) is 0. The molecule has 3 rings (SSSR count). The van der Waals surface area contributed by atoms with E-state index in [4.69, 9.17) is 0 Å². The second-order valence-electron chi connectivity index (χ2n) is 6.03. The van der Waals surface area contributed by atoms with Gasteiger partial charge < -0.3 is 12.2 Å². The Labute approximate surface area is 183 Å². The van der Waals surface area contributed by atoms with E-state index in [1.807, 2.05) is 94.5 Å². The Balaban J connectivity index is 0.000000460. The average Bonchev–Trinajstić information content (AvgIpc) is 3.39. The Bertz CT molecular complexity index is 359. The van der Waals surface area contributed by atoms with Gasteiger partial charge in [-0.05, 0) is 64.2 Å². The maximum atomic E-state index is 4.65. The van der Waals surface area contributed by atoms with Crippen LogP contribution < -0.4 is 0 Å². The number of para-hydroxylation sites is 1. The smallest absolute Gasteiger partial charge is 0.684 e. The molecule has 2 aliphatic carbocycles. The third kappa shape index (κ3) is 14.0.